The second-order valence-corrected chi connectivity index (χ2v) is 8.52. The maximum atomic E-state index is 13.2. The van der Waals surface area contributed by atoms with Crippen LogP contribution in [0, 0.1) is 13.8 Å². The summed E-state index contributed by atoms with van der Waals surface area (Å²) in [5, 5.41) is 2.99. The second-order valence-electron chi connectivity index (χ2n) is 7.17. The molecule has 3 N–H and O–H groups in total. The molecule has 8 heteroatoms. The van der Waals surface area contributed by atoms with Crippen LogP contribution >= 0.6 is 0 Å². The van der Waals surface area contributed by atoms with Crippen LogP contribution < -0.4 is 11.1 Å². The van der Waals surface area contributed by atoms with Crippen molar-refractivity contribution in [2.75, 3.05) is 11.1 Å². The quantitative estimate of drug-likeness (QED) is 0.383. The van der Waals surface area contributed by atoms with Gasteiger partial charge in [-0.2, -0.15) is 0 Å². The lowest BCUT2D eigenvalue weighted by Crippen LogP contribution is -2.25. The van der Waals surface area contributed by atoms with Crippen molar-refractivity contribution in [3.63, 3.8) is 0 Å². The van der Waals surface area contributed by atoms with Crippen molar-refractivity contribution in [3.8, 4) is 0 Å². The minimum Gasteiger partial charge on any atom is -0.744 e. The van der Waals surface area contributed by atoms with Crippen molar-refractivity contribution in [2.45, 2.75) is 18.7 Å². The Kier molecular flexibility index (Phi) is 4.48. The summed E-state index contributed by atoms with van der Waals surface area (Å²) in [4.78, 5) is 25.6. The number of aryl methyl sites for hydroxylation is 2. The maximum Gasteiger partial charge on any atom is 0.196 e. The number of rotatable bonds is 3. The monoisotopic (exact) mass is 421 g/mol. The standard InChI is InChI=1S/C22H18N2O5S/c1-11-7-8-13(9-12(11)2)24-16-10-17(30(27,28)29)20(23)19-18(16)21(25)14-5-3-4-6-15(14)22(19)26/h3-10,24H,23H2,1-2H3,(H,27,28,29)/p-1. The first kappa shape index (κ1) is 19.8. The molecule has 0 radical (unpaired) electrons. The normalized spacial score (nSPS) is 13.0. The highest BCUT2D eigenvalue weighted by atomic mass is 32.2. The molecule has 3 aromatic rings. The lowest BCUT2D eigenvalue weighted by atomic mass is 9.82. The molecule has 0 heterocycles. The minimum absolute atomic E-state index is 0.0322. The molecular formula is C22H17N2O5S-. The predicted molar refractivity (Wildman–Crippen MR) is 111 cm³/mol. The van der Waals surface area contributed by atoms with Crippen molar-refractivity contribution in [1.29, 1.82) is 0 Å². The van der Waals surface area contributed by atoms with Crippen molar-refractivity contribution < 1.29 is 22.6 Å². The van der Waals surface area contributed by atoms with Crippen molar-refractivity contribution in [3.05, 3.63) is 81.9 Å². The molecule has 0 spiro atoms. The fourth-order valence-corrected chi connectivity index (χ4v) is 4.21. The Hall–Kier alpha value is -3.49. The molecular weight excluding hydrogens is 404 g/mol. The fraction of sp³-hybridized carbons (Fsp3) is 0.0909. The van der Waals surface area contributed by atoms with E-state index >= 15 is 0 Å². The van der Waals surface area contributed by atoms with Gasteiger partial charge in [0.15, 0.2) is 11.6 Å². The number of hydrogen-bond acceptors (Lipinski definition) is 7. The van der Waals surface area contributed by atoms with E-state index in [0.29, 0.717) is 5.69 Å². The zero-order valence-electron chi connectivity index (χ0n) is 16.1. The van der Waals surface area contributed by atoms with Gasteiger partial charge in [-0.05, 0) is 43.2 Å². The number of carbonyl (C=O) groups excluding carboxylic acids is 2. The smallest absolute Gasteiger partial charge is 0.196 e. The van der Waals surface area contributed by atoms with Crippen LogP contribution in [-0.2, 0) is 10.1 Å². The van der Waals surface area contributed by atoms with Gasteiger partial charge in [0.1, 0.15) is 10.1 Å². The van der Waals surface area contributed by atoms with Gasteiger partial charge in [-0.3, -0.25) is 9.59 Å². The third-order valence-corrected chi connectivity index (χ3v) is 6.13. The van der Waals surface area contributed by atoms with Crippen LogP contribution in [0.15, 0.2) is 53.4 Å². The lowest BCUT2D eigenvalue weighted by Gasteiger charge is -2.25. The fourth-order valence-electron chi connectivity index (χ4n) is 3.57. The predicted octanol–water partition coefficient (Wildman–Crippen LogP) is 3.31. The highest BCUT2D eigenvalue weighted by Crippen LogP contribution is 2.40. The summed E-state index contributed by atoms with van der Waals surface area (Å²) >= 11 is 0. The molecule has 3 aromatic carbocycles. The van der Waals surface area contributed by atoms with Crippen LogP contribution in [0.25, 0.3) is 0 Å². The van der Waals surface area contributed by atoms with Crippen molar-refractivity contribution in [1.82, 2.24) is 0 Å². The first-order valence-corrected chi connectivity index (χ1v) is 10.5. The molecule has 1 aliphatic carbocycles. The molecule has 0 aromatic heterocycles. The Morgan fingerprint density at radius 2 is 1.47 bits per heavy atom. The second kappa shape index (κ2) is 6.79. The van der Waals surface area contributed by atoms with Gasteiger partial charge < -0.3 is 15.6 Å². The van der Waals surface area contributed by atoms with E-state index in [4.69, 9.17) is 5.73 Å². The number of nitrogens with one attached hydrogen (secondary N) is 1. The van der Waals surface area contributed by atoms with Gasteiger partial charge >= 0.3 is 0 Å². The van der Waals surface area contributed by atoms with E-state index in [0.717, 1.165) is 17.2 Å². The maximum absolute atomic E-state index is 13.2. The topological polar surface area (TPSA) is 129 Å². The highest BCUT2D eigenvalue weighted by molar-refractivity contribution is 7.86. The number of nitrogen functional groups attached to an aromatic ring is 1. The molecule has 0 amide bonds. The number of ketones is 2. The van der Waals surface area contributed by atoms with Crippen molar-refractivity contribution in [2.24, 2.45) is 0 Å². The van der Waals surface area contributed by atoms with E-state index in [1.54, 1.807) is 18.2 Å². The number of nitrogens with two attached hydrogens (primary N) is 1. The summed E-state index contributed by atoms with van der Waals surface area (Å²) in [6, 6.07) is 12.6. The Morgan fingerprint density at radius 1 is 0.867 bits per heavy atom. The summed E-state index contributed by atoms with van der Waals surface area (Å²) in [6.07, 6.45) is 0. The number of hydrogen-bond donors (Lipinski definition) is 2. The van der Waals surface area contributed by atoms with Crippen LogP contribution in [0.2, 0.25) is 0 Å². The van der Waals surface area contributed by atoms with Gasteiger partial charge in [0, 0.05) is 16.8 Å². The van der Waals surface area contributed by atoms with Gasteiger partial charge in [-0.25, -0.2) is 8.42 Å². The van der Waals surface area contributed by atoms with Crippen LogP contribution in [0.1, 0.15) is 43.0 Å². The van der Waals surface area contributed by atoms with Crippen LogP contribution in [0.4, 0.5) is 17.1 Å². The summed E-state index contributed by atoms with van der Waals surface area (Å²) in [6.45, 7) is 3.84. The zero-order valence-corrected chi connectivity index (χ0v) is 17.0. The van der Waals surface area contributed by atoms with E-state index in [9.17, 15) is 22.6 Å². The number of anilines is 3. The first-order valence-electron chi connectivity index (χ1n) is 9.04. The van der Waals surface area contributed by atoms with E-state index in [1.165, 1.54) is 12.1 Å². The molecule has 4 rings (SSSR count). The van der Waals surface area contributed by atoms with E-state index < -0.39 is 32.3 Å². The van der Waals surface area contributed by atoms with E-state index in [-0.39, 0.29) is 27.9 Å². The van der Waals surface area contributed by atoms with E-state index in [2.05, 4.69) is 5.32 Å². The molecule has 0 fully saturated rings. The van der Waals surface area contributed by atoms with Crippen LogP contribution in [-0.4, -0.2) is 24.5 Å². The lowest BCUT2D eigenvalue weighted by molar-refractivity contribution is 0.0980. The summed E-state index contributed by atoms with van der Waals surface area (Å²) < 4.78 is 35.5. The van der Waals surface area contributed by atoms with Gasteiger partial charge in [-0.15, -0.1) is 0 Å². The van der Waals surface area contributed by atoms with Gasteiger partial charge in [0.05, 0.1) is 27.4 Å². The average molecular weight is 421 g/mol. The Bertz CT molecular complexity index is 1360. The largest absolute Gasteiger partial charge is 0.744 e. The first-order chi connectivity index (χ1) is 14.1. The molecule has 30 heavy (non-hydrogen) atoms. The SMILES string of the molecule is Cc1ccc(Nc2cc(S(=O)(=O)[O-])c(N)c3c2C(=O)c2ccccc2C3=O)cc1C. The molecule has 0 unspecified atom stereocenters. The highest BCUT2D eigenvalue weighted by Gasteiger charge is 2.35. The molecule has 7 nitrogen and oxygen atoms in total. The molecule has 0 aliphatic heterocycles. The summed E-state index contributed by atoms with van der Waals surface area (Å²) in [5.74, 6) is -1.08. The third-order valence-electron chi connectivity index (χ3n) is 5.26. The number of benzene rings is 3. The molecule has 1 aliphatic rings. The molecule has 0 bridgehead atoms. The number of fused-ring (bicyclic) bond motifs is 2. The molecule has 0 saturated carbocycles. The van der Waals surface area contributed by atoms with Gasteiger partial charge in [-0.1, -0.05) is 30.3 Å². The zero-order chi connectivity index (χ0) is 21.8. The summed E-state index contributed by atoms with van der Waals surface area (Å²) in [7, 11) is -4.99. The Morgan fingerprint density at radius 3 is 2.03 bits per heavy atom. The third kappa shape index (κ3) is 3.06. The Balaban J connectivity index is 2.02. The van der Waals surface area contributed by atoms with Crippen molar-refractivity contribution >= 4 is 38.7 Å². The minimum atomic E-state index is -4.99. The van der Waals surface area contributed by atoms with Gasteiger partial charge in [0.2, 0.25) is 0 Å². The van der Waals surface area contributed by atoms with Crippen LogP contribution in [0.3, 0.4) is 0 Å². The van der Waals surface area contributed by atoms with E-state index in [1.807, 2.05) is 26.0 Å². The Labute approximate surface area is 173 Å². The van der Waals surface area contributed by atoms with Gasteiger partial charge in [0.25, 0.3) is 0 Å². The average Bonchev–Trinajstić information content (AvgIpc) is 2.69. The van der Waals surface area contributed by atoms with Crippen LogP contribution in [0.5, 0.6) is 0 Å². The molecule has 152 valence electrons. The molecule has 0 atom stereocenters. The molecule has 0 saturated heterocycles. The number of carbonyl (C=O) groups is 2. The summed E-state index contributed by atoms with van der Waals surface area (Å²) in [5.41, 5.74) is 7.99.